The second-order valence-electron chi connectivity index (χ2n) is 5.30. The molecule has 0 aliphatic heterocycles. The summed E-state index contributed by atoms with van der Waals surface area (Å²) >= 11 is 0. The monoisotopic (exact) mass is 328 g/mol. The third-order valence-corrected chi connectivity index (χ3v) is 5.24. The van der Waals surface area contributed by atoms with Gasteiger partial charge in [-0.2, -0.15) is 0 Å². The summed E-state index contributed by atoms with van der Waals surface area (Å²) in [5.41, 5.74) is 2.08. The molecule has 6 nitrogen and oxygen atoms in total. The van der Waals surface area contributed by atoms with Crippen LogP contribution < -0.4 is 0 Å². The Balaban J connectivity index is 2.28. The van der Waals surface area contributed by atoms with Gasteiger partial charge in [0.15, 0.2) is 5.65 Å². The lowest BCUT2D eigenvalue weighted by Gasteiger charge is -2.07. The molecule has 0 amide bonds. The molecular formula is C16H16N4O2S. The van der Waals surface area contributed by atoms with Crippen molar-refractivity contribution in [1.82, 2.24) is 13.9 Å². The van der Waals surface area contributed by atoms with Crippen molar-refractivity contribution >= 4 is 27.8 Å². The predicted molar refractivity (Wildman–Crippen MR) is 89.3 cm³/mol. The maximum absolute atomic E-state index is 12.9. The topological polar surface area (TPSA) is 77.2 Å². The van der Waals surface area contributed by atoms with Gasteiger partial charge in [-0.3, -0.25) is 4.99 Å². The van der Waals surface area contributed by atoms with Crippen LogP contribution in [0.3, 0.4) is 0 Å². The first-order valence-electron chi connectivity index (χ1n) is 7.02. The predicted octanol–water partition coefficient (Wildman–Crippen LogP) is 2.49. The van der Waals surface area contributed by atoms with Gasteiger partial charge < -0.3 is 0 Å². The summed E-state index contributed by atoms with van der Waals surface area (Å²) in [5, 5.41) is 0.665. The minimum absolute atomic E-state index is 0.217. The van der Waals surface area contributed by atoms with E-state index in [2.05, 4.69) is 21.7 Å². The van der Waals surface area contributed by atoms with Gasteiger partial charge >= 0.3 is 0 Å². The Kier molecular flexibility index (Phi) is 3.73. The van der Waals surface area contributed by atoms with Gasteiger partial charge in [-0.1, -0.05) is 17.7 Å². The zero-order chi connectivity index (χ0) is 16.6. The van der Waals surface area contributed by atoms with Crippen LogP contribution in [0.2, 0.25) is 0 Å². The highest BCUT2D eigenvalue weighted by molar-refractivity contribution is 7.90. The summed E-state index contributed by atoms with van der Waals surface area (Å²) in [6, 6.07) is 6.72. The summed E-state index contributed by atoms with van der Waals surface area (Å²) in [6.45, 7) is 7.41. The van der Waals surface area contributed by atoms with Crippen LogP contribution in [0, 0.1) is 13.8 Å². The van der Waals surface area contributed by atoms with Gasteiger partial charge in [0.2, 0.25) is 0 Å². The van der Waals surface area contributed by atoms with Crippen LogP contribution in [0.15, 0.2) is 46.5 Å². The number of fused-ring (bicyclic) bond motifs is 1. The normalized spacial score (nSPS) is 11.7. The Hall–Kier alpha value is -2.54. The average molecular weight is 328 g/mol. The van der Waals surface area contributed by atoms with Crippen LogP contribution in [0.5, 0.6) is 0 Å². The van der Waals surface area contributed by atoms with E-state index >= 15 is 0 Å². The number of nitrogens with zero attached hydrogens (tertiary/aromatic N) is 4. The molecule has 0 bridgehead atoms. The van der Waals surface area contributed by atoms with Gasteiger partial charge in [-0.15, -0.1) is 0 Å². The first-order chi connectivity index (χ1) is 10.9. The Bertz CT molecular complexity index is 989. The lowest BCUT2D eigenvalue weighted by atomic mass is 10.2. The molecule has 23 heavy (non-hydrogen) atoms. The van der Waals surface area contributed by atoms with E-state index in [1.165, 1.54) is 3.97 Å². The lowest BCUT2D eigenvalue weighted by Crippen LogP contribution is -2.12. The zero-order valence-corrected chi connectivity index (χ0v) is 13.7. The summed E-state index contributed by atoms with van der Waals surface area (Å²) < 4.78 is 27.1. The summed E-state index contributed by atoms with van der Waals surface area (Å²) in [5.74, 6) is 0.508. The van der Waals surface area contributed by atoms with Crippen molar-refractivity contribution in [3.63, 3.8) is 0 Å². The van der Waals surface area contributed by atoms with Crippen LogP contribution in [-0.4, -0.2) is 29.1 Å². The standard InChI is InChI=1S/C16H16N4O2S/c1-11-4-6-14(7-5-11)23(21,22)20-10-13(8-17-3)15-9-18-12(2)19-16(15)20/h4-7,9-10H,3,8H2,1-2H3. The van der Waals surface area contributed by atoms with E-state index in [0.29, 0.717) is 23.4 Å². The highest BCUT2D eigenvalue weighted by Crippen LogP contribution is 2.25. The maximum atomic E-state index is 12.9. The number of rotatable bonds is 4. The molecule has 0 unspecified atom stereocenters. The number of aryl methyl sites for hydroxylation is 2. The fourth-order valence-electron chi connectivity index (χ4n) is 2.38. The summed E-state index contributed by atoms with van der Waals surface area (Å²) in [7, 11) is -3.73. The van der Waals surface area contributed by atoms with Crippen molar-refractivity contribution in [2.24, 2.45) is 4.99 Å². The molecule has 0 aliphatic carbocycles. The molecule has 0 radical (unpaired) electrons. The third kappa shape index (κ3) is 2.63. The van der Waals surface area contributed by atoms with Crippen molar-refractivity contribution in [1.29, 1.82) is 0 Å². The highest BCUT2D eigenvalue weighted by atomic mass is 32.2. The second kappa shape index (κ2) is 5.58. The molecule has 2 aromatic heterocycles. The molecule has 0 atom stereocenters. The minimum atomic E-state index is -3.73. The summed E-state index contributed by atoms with van der Waals surface area (Å²) in [4.78, 5) is 12.5. The third-order valence-electron chi connectivity index (χ3n) is 3.58. The van der Waals surface area contributed by atoms with Crippen molar-refractivity contribution in [3.05, 3.63) is 53.6 Å². The second-order valence-corrected chi connectivity index (χ2v) is 7.12. The Morgan fingerprint density at radius 3 is 2.57 bits per heavy atom. The number of aromatic nitrogens is 3. The molecule has 7 heteroatoms. The van der Waals surface area contributed by atoms with Gasteiger partial charge in [0.05, 0.1) is 11.4 Å². The largest absolute Gasteiger partial charge is 0.296 e. The summed E-state index contributed by atoms with van der Waals surface area (Å²) in [6.07, 6.45) is 3.17. The van der Waals surface area contributed by atoms with Crippen molar-refractivity contribution < 1.29 is 8.42 Å². The van der Waals surface area contributed by atoms with Gasteiger partial charge in [0, 0.05) is 23.3 Å². The molecule has 2 heterocycles. The zero-order valence-electron chi connectivity index (χ0n) is 12.9. The molecule has 118 valence electrons. The van der Waals surface area contributed by atoms with Gasteiger partial charge in [-0.05, 0) is 32.7 Å². The van der Waals surface area contributed by atoms with Crippen LogP contribution in [0.1, 0.15) is 17.0 Å². The quantitative estimate of drug-likeness (QED) is 0.689. The lowest BCUT2D eigenvalue weighted by molar-refractivity contribution is 0.588. The smallest absolute Gasteiger partial charge is 0.269 e. The van der Waals surface area contributed by atoms with E-state index in [1.807, 2.05) is 6.92 Å². The number of hydrogen-bond acceptors (Lipinski definition) is 5. The van der Waals surface area contributed by atoms with E-state index in [0.717, 1.165) is 11.1 Å². The molecule has 0 spiro atoms. The van der Waals surface area contributed by atoms with Crippen LogP contribution >= 0.6 is 0 Å². The fraction of sp³-hybridized carbons (Fsp3) is 0.188. The minimum Gasteiger partial charge on any atom is -0.296 e. The van der Waals surface area contributed by atoms with Crippen LogP contribution in [0.25, 0.3) is 11.0 Å². The molecule has 3 rings (SSSR count). The van der Waals surface area contributed by atoms with Gasteiger partial charge in [0.1, 0.15) is 5.82 Å². The van der Waals surface area contributed by atoms with E-state index in [1.54, 1.807) is 43.6 Å². The van der Waals surface area contributed by atoms with E-state index in [-0.39, 0.29) is 4.90 Å². The van der Waals surface area contributed by atoms with Crippen molar-refractivity contribution in [2.45, 2.75) is 25.3 Å². The number of hydrogen-bond donors (Lipinski definition) is 0. The molecule has 3 aromatic rings. The van der Waals surface area contributed by atoms with Crippen LogP contribution in [0.4, 0.5) is 0 Å². The van der Waals surface area contributed by atoms with E-state index < -0.39 is 10.0 Å². The molecule has 0 fully saturated rings. The Morgan fingerprint density at radius 2 is 1.91 bits per heavy atom. The first kappa shape index (κ1) is 15.4. The SMILES string of the molecule is C=NCc1cn(S(=O)(=O)c2ccc(C)cc2)c2nc(C)ncc12. The van der Waals surface area contributed by atoms with Crippen molar-refractivity contribution in [3.8, 4) is 0 Å². The van der Waals surface area contributed by atoms with Gasteiger partial charge in [0.25, 0.3) is 10.0 Å². The number of benzene rings is 1. The molecule has 0 saturated heterocycles. The first-order valence-corrected chi connectivity index (χ1v) is 8.46. The molecular weight excluding hydrogens is 312 g/mol. The Labute approximate surface area is 134 Å². The van der Waals surface area contributed by atoms with E-state index in [9.17, 15) is 8.42 Å². The fourth-order valence-corrected chi connectivity index (χ4v) is 3.72. The Morgan fingerprint density at radius 1 is 1.22 bits per heavy atom. The molecule has 0 saturated carbocycles. The maximum Gasteiger partial charge on any atom is 0.269 e. The number of aliphatic imine (C=N–C) groups is 1. The molecule has 0 N–H and O–H groups in total. The van der Waals surface area contributed by atoms with Gasteiger partial charge in [-0.25, -0.2) is 22.4 Å². The molecule has 0 aliphatic rings. The van der Waals surface area contributed by atoms with Crippen molar-refractivity contribution in [2.75, 3.05) is 0 Å². The molecule has 1 aromatic carbocycles. The average Bonchev–Trinajstić information content (AvgIpc) is 2.87. The highest BCUT2D eigenvalue weighted by Gasteiger charge is 2.22. The van der Waals surface area contributed by atoms with Crippen LogP contribution in [-0.2, 0) is 16.6 Å². The van der Waals surface area contributed by atoms with E-state index in [4.69, 9.17) is 0 Å².